The highest BCUT2D eigenvalue weighted by Gasteiger charge is 2.30. The van der Waals surface area contributed by atoms with Crippen LogP contribution in [0.2, 0.25) is 0 Å². The molecule has 1 aliphatic heterocycles. The van der Waals surface area contributed by atoms with Crippen molar-refractivity contribution in [3.8, 4) is 0 Å². The predicted octanol–water partition coefficient (Wildman–Crippen LogP) is 4.52. The summed E-state index contributed by atoms with van der Waals surface area (Å²) in [4.78, 5) is 14.7. The Kier molecular flexibility index (Phi) is 4.34. The molecule has 0 bridgehead atoms. The fourth-order valence-corrected chi connectivity index (χ4v) is 3.45. The van der Waals surface area contributed by atoms with Crippen molar-refractivity contribution in [2.75, 3.05) is 11.9 Å². The van der Waals surface area contributed by atoms with Crippen LogP contribution in [-0.2, 0) is 0 Å². The number of nitrogens with zero attached hydrogens (tertiary/aromatic N) is 1. The van der Waals surface area contributed by atoms with Crippen LogP contribution in [0.25, 0.3) is 11.0 Å². The molecule has 1 fully saturated rings. The molecule has 1 aromatic carbocycles. The molecule has 1 aromatic heterocycles. The summed E-state index contributed by atoms with van der Waals surface area (Å²) in [6.07, 6.45) is 4.38. The van der Waals surface area contributed by atoms with Crippen LogP contribution in [0.3, 0.4) is 0 Å². The highest BCUT2D eigenvalue weighted by atomic mass is 79.9. The molecular weight excluding hydrogens is 330 g/mol. The minimum Gasteiger partial charge on any atom is -0.451 e. The summed E-state index contributed by atoms with van der Waals surface area (Å²) in [6, 6.07) is 8.25. The Balaban J connectivity index is 1.82. The van der Waals surface area contributed by atoms with Crippen molar-refractivity contribution in [2.24, 2.45) is 0 Å². The molecular formula is C17H20BrNO2. The van der Waals surface area contributed by atoms with E-state index < -0.39 is 0 Å². The number of carbonyl (C=O) groups excluding carboxylic acids is 1. The van der Waals surface area contributed by atoms with E-state index in [1.165, 1.54) is 5.56 Å². The van der Waals surface area contributed by atoms with E-state index in [0.29, 0.717) is 11.8 Å². The van der Waals surface area contributed by atoms with E-state index >= 15 is 0 Å². The molecule has 1 saturated heterocycles. The summed E-state index contributed by atoms with van der Waals surface area (Å²) < 4.78 is 5.75. The van der Waals surface area contributed by atoms with Crippen molar-refractivity contribution in [1.82, 2.24) is 4.90 Å². The second kappa shape index (κ2) is 6.22. The summed E-state index contributed by atoms with van der Waals surface area (Å²) in [7, 11) is 0. The second-order valence-corrected chi connectivity index (χ2v) is 6.57. The summed E-state index contributed by atoms with van der Waals surface area (Å²) in [5.74, 6) is 0.516. The summed E-state index contributed by atoms with van der Waals surface area (Å²) in [6.45, 7) is 2.90. The smallest absolute Gasteiger partial charge is 0.289 e. The molecule has 0 aliphatic carbocycles. The lowest BCUT2D eigenvalue weighted by Gasteiger charge is -2.23. The number of alkyl halides is 1. The zero-order chi connectivity index (χ0) is 14.8. The normalized spacial score (nSPS) is 18.6. The van der Waals surface area contributed by atoms with E-state index in [1.807, 2.05) is 30.0 Å². The lowest BCUT2D eigenvalue weighted by Crippen LogP contribution is -2.35. The molecule has 3 rings (SSSR count). The molecule has 112 valence electrons. The number of rotatable bonds is 4. The number of hydrogen-bond acceptors (Lipinski definition) is 2. The van der Waals surface area contributed by atoms with Crippen LogP contribution in [0, 0.1) is 6.92 Å². The minimum atomic E-state index is 0.0425. The van der Waals surface area contributed by atoms with Crippen LogP contribution in [0.4, 0.5) is 0 Å². The van der Waals surface area contributed by atoms with Gasteiger partial charge in [0.25, 0.3) is 5.91 Å². The highest BCUT2D eigenvalue weighted by molar-refractivity contribution is 9.09. The lowest BCUT2D eigenvalue weighted by atomic mass is 10.1. The Morgan fingerprint density at radius 1 is 1.43 bits per heavy atom. The molecule has 2 heterocycles. The predicted molar refractivity (Wildman–Crippen MR) is 88.0 cm³/mol. The standard InChI is InChI=1S/C17H20BrNO2/c1-12-6-7-15-13(10-12)11-16(21-15)17(20)19-9-3-5-14(19)4-2-8-18/h6-7,10-11,14H,2-5,8-9H2,1H3. The maximum atomic E-state index is 12.7. The fraction of sp³-hybridized carbons (Fsp3) is 0.471. The van der Waals surface area contributed by atoms with Crippen molar-refractivity contribution in [3.63, 3.8) is 0 Å². The van der Waals surface area contributed by atoms with Crippen LogP contribution < -0.4 is 0 Å². The number of aryl methyl sites for hydroxylation is 1. The van der Waals surface area contributed by atoms with Gasteiger partial charge in [0, 0.05) is 23.3 Å². The fourth-order valence-electron chi connectivity index (χ4n) is 3.13. The molecule has 4 heteroatoms. The first kappa shape index (κ1) is 14.6. The number of likely N-dealkylation sites (tertiary alicyclic amines) is 1. The van der Waals surface area contributed by atoms with Gasteiger partial charge in [-0.25, -0.2) is 0 Å². The Morgan fingerprint density at radius 3 is 3.10 bits per heavy atom. The van der Waals surface area contributed by atoms with Gasteiger partial charge in [0.1, 0.15) is 5.58 Å². The first-order chi connectivity index (χ1) is 10.2. The van der Waals surface area contributed by atoms with Gasteiger partial charge in [0.2, 0.25) is 0 Å². The van der Waals surface area contributed by atoms with Gasteiger partial charge in [0.05, 0.1) is 0 Å². The molecule has 3 nitrogen and oxygen atoms in total. The number of carbonyl (C=O) groups is 1. The van der Waals surface area contributed by atoms with E-state index in [-0.39, 0.29) is 5.91 Å². The molecule has 1 aliphatic rings. The summed E-state index contributed by atoms with van der Waals surface area (Å²) in [5, 5.41) is 2.00. The van der Waals surface area contributed by atoms with Crippen LogP contribution >= 0.6 is 15.9 Å². The Bertz CT molecular complexity index is 649. The Hall–Kier alpha value is -1.29. The Labute approximate surface area is 133 Å². The molecule has 1 amide bonds. The van der Waals surface area contributed by atoms with Gasteiger partial charge in [-0.05, 0) is 50.8 Å². The van der Waals surface area contributed by atoms with Gasteiger partial charge < -0.3 is 9.32 Å². The number of amides is 1. The van der Waals surface area contributed by atoms with Crippen molar-refractivity contribution in [1.29, 1.82) is 0 Å². The molecule has 1 unspecified atom stereocenters. The molecule has 21 heavy (non-hydrogen) atoms. The minimum absolute atomic E-state index is 0.0425. The van der Waals surface area contributed by atoms with Gasteiger partial charge in [-0.2, -0.15) is 0 Å². The topological polar surface area (TPSA) is 33.5 Å². The molecule has 1 atom stereocenters. The number of benzene rings is 1. The second-order valence-electron chi connectivity index (χ2n) is 5.78. The Morgan fingerprint density at radius 2 is 2.29 bits per heavy atom. The van der Waals surface area contributed by atoms with Crippen LogP contribution in [0.15, 0.2) is 28.7 Å². The van der Waals surface area contributed by atoms with Gasteiger partial charge in [-0.1, -0.05) is 27.6 Å². The van der Waals surface area contributed by atoms with Gasteiger partial charge in [-0.3, -0.25) is 4.79 Å². The molecule has 2 aromatic rings. The highest BCUT2D eigenvalue weighted by Crippen LogP contribution is 2.27. The third kappa shape index (κ3) is 3.00. The average molecular weight is 350 g/mol. The van der Waals surface area contributed by atoms with E-state index in [9.17, 15) is 4.79 Å². The average Bonchev–Trinajstić information content (AvgIpc) is 3.10. The van der Waals surface area contributed by atoms with Crippen LogP contribution in [0.5, 0.6) is 0 Å². The summed E-state index contributed by atoms with van der Waals surface area (Å²) in [5.41, 5.74) is 1.97. The molecule has 0 N–H and O–H groups in total. The van der Waals surface area contributed by atoms with Crippen LogP contribution in [-0.4, -0.2) is 28.7 Å². The van der Waals surface area contributed by atoms with Gasteiger partial charge in [-0.15, -0.1) is 0 Å². The first-order valence-corrected chi connectivity index (χ1v) is 8.68. The zero-order valence-corrected chi connectivity index (χ0v) is 13.9. The van der Waals surface area contributed by atoms with E-state index in [2.05, 4.69) is 22.0 Å². The lowest BCUT2D eigenvalue weighted by molar-refractivity contribution is 0.0700. The summed E-state index contributed by atoms with van der Waals surface area (Å²) >= 11 is 3.47. The van der Waals surface area contributed by atoms with Crippen molar-refractivity contribution in [2.45, 2.75) is 38.6 Å². The number of fused-ring (bicyclic) bond motifs is 1. The van der Waals surface area contributed by atoms with E-state index in [1.54, 1.807) is 0 Å². The SMILES string of the molecule is Cc1ccc2oc(C(=O)N3CCCC3CCCBr)cc2c1. The van der Waals surface area contributed by atoms with Gasteiger partial charge in [0.15, 0.2) is 5.76 Å². The number of halogens is 1. The molecule has 0 radical (unpaired) electrons. The van der Waals surface area contributed by atoms with Crippen molar-refractivity contribution < 1.29 is 9.21 Å². The third-order valence-electron chi connectivity index (χ3n) is 4.19. The maximum absolute atomic E-state index is 12.7. The largest absolute Gasteiger partial charge is 0.451 e. The van der Waals surface area contributed by atoms with Crippen molar-refractivity contribution in [3.05, 3.63) is 35.6 Å². The maximum Gasteiger partial charge on any atom is 0.289 e. The molecule has 0 spiro atoms. The quantitative estimate of drug-likeness (QED) is 0.760. The first-order valence-electron chi connectivity index (χ1n) is 7.56. The zero-order valence-electron chi connectivity index (χ0n) is 12.3. The third-order valence-corrected chi connectivity index (χ3v) is 4.75. The van der Waals surface area contributed by atoms with E-state index in [4.69, 9.17) is 4.42 Å². The number of hydrogen-bond donors (Lipinski definition) is 0. The van der Waals surface area contributed by atoms with Crippen LogP contribution in [0.1, 0.15) is 41.8 Å². The van der Waals surface area contributed by atoms with Crippen molar-refractivity contribution >= 4 is 32.8 Å². The molecule has 0 saturated carbocycles. The number of furan rings is 1. The monoisotopic (exact) mass is 349 g/mol. The van der Waals surface area contributed by atoms with Gasteiger partial charge >= 0.3 is 0 Å². The van der Waals surface area contributed by atoms with E-state index in [0.717, 1.165) is 48.5 Å².